The zero-order chi connectivity index (χ0) is 12.7. The number of nitrogens with zero attached hydrogens (tertiary/aromatic N) is 2. The standard InChI is InChI=1S/C10H21N3O3/c1-7(2)13(5-4-6-14)10(15)8(3)9(11)12-16/h7-8,14,16H,4-6H2,1-3H3,(H2,11,12). The Kier molecular flexibility index (Phi) is 6.48. The third-order valence-corrected chi connectivity index (χ3v) is 2.39. The van der Waals surface area contributed by atoms with Gasteiger partial charge in [-0.1, -0.05) is 5.16 Å². The highest BCUT2D eigenvalue weighted by molar-refractivity contribution is 6.01. The second-order valence-electron chi connectivity index (χ2n) is 3.95. The largest absolute Gasteiger partial charge is 0.409 e. The number of hydrogen-bond acceptors (Lipinski definition) is 4. The summed E-state index contributed by atoms with van der Waals surface area (Å²) in [7, 11) is 0. The van der Waals surface area contributed by atoms with Crippen molar-refractivity contribution in [2.75, 3.05) is 13.2 Å². The number of nitrogens with two attached hydrogens (primary N) is 1. The summed E-state index contributed by atoms with van der Waals surface area (Å²) in [5.74, 6) is -0.940. The molecule has 0 spiro atoms. The van der Waals surface area contributed by atoms with E-state index in [1.165, 1.54) is 0 Å². The third-order valence-electron chi connectivity index (χ3n) is 2.39. The van der Waals surface area contributed by atoms with E-state index in [-0.39, 0.29) is 24.4 Å². The highest BCUT2D eigenvalue weighted by Gasteiger charge is 2.25. The summed E-state index contributed by atoms with van der Waals surface area (Å²) < 4.78 is 0. The average Bonchev–Trinajstić information content (AvgIpc) is 2.26. The quantitative estimate of drug-likeness (QED) is 0.259. The molecule has 6 heteroatoms. The second kappa shape index (κ2) is 7.05. The van der Waals surface area contributed by atoms with E-state index < -0.39 is 5.92 Å². The summed E-state index contributed by atoms with van der Waals surface area (Å²) in [6.07, 6.45) is 0.521. The van der Waals surface area contributed by atoms with Gasteiger partial charge in [-0.25, -0.2) is 0 Å². The minimum atomic E-state index is -0.647. The van der Waals surface area contributed by atoms with Gasteiger partial charge in [-0.2, -0.15) is 0 Å². The maximum absolute atomic E-state index is 12.0. The average molecular weight is 231 g/mol. The van der Waals surface area contributed by atoms with E-state index in [0.717, 1.165) is 0 Å². The van der Waals surface area contributed by atoms with E-state index in [9.17, 15) is 4.79 Å². The molecule has 1 unspecified atom stereocenters. The van der Waals surface area contributed by atoms with Gasteiger partial charge in [0.2, 0.25) is 5.91 Å². The fourth-order valence-electron chi connectivity index (χ4n) is 1.33. The Balaban J connectivity index is 4.61. The van der Waals surface area contributed by atoms with Crippen LogP contribution in [0.15, 0.2) is 5.16 Å². The predicted molar refractivity (Wildman–Crippen MR) is 61.1 cm³/mol. The first-order valence-electron chi connectivity index (χ1n) is 5.34. The molecule has 94 valence electrons. The molecule has 0 rings (SSSR count). The van der Waals surface area contributed by atoms with Crippen molar-refractivity contribution >= 4 is 11.7 Å². The molecule has 0 aromatic rings. The first kappa shape index (κ1) is 14.7. The first-order chi connectivity index (χ1) is 7.45. The number of rotatable bonds is 6. The molecule has 0 aliphatic carbocycles. The molecule has 1 atom stereocenters. The van der Waals surface area contributed by atoms with Crippen LogP contribution in [0.1, 0.15) is 27.2 Å². The first-order valence-corrected chi connectivity index (χ1v) is 5.34. The van der Waals surface area contributed by atoms with E-state index in [1.807, 2.05) is 13.8 Å². The number of carbonyl (C=O) groups excluding carboxylic acids is 1. The highest BCUT2D eigenvalue weighted by atomic mass is 16.4. The molecular weight excluding hydrogens is 210 g/mol. The van der Waals surface area contributed by atoms with E-state index in [0.29, 0.717) is 13.0 Å². The Labute approximate surface area is 95.7 Å². The van der Waals surface area contributed by atoms with Crippen molar-refractivity contribution in [1.29, 1.82) is 0 Å². The van der Waals surface area contributed by atoms with Gasteiger partial charge in [0, 0.05) is 19.2 Å². The molecule has 1 amide bonds. The summed E-state index contributed by atoms with van der Waals surface area (Å²) in [5.41, 5.74) is 5.39. The molecule has 6 nitrogen and oxygen atoms in total. The van der Waals surface area contributed by atoms with Gasteiger partial charge in [-0.3, -0.25) is 4.79 Å². The van der Waals surface area contributed by atoms with Crippen molar-refractivity contribution in [2.24, 2.45) is 16.8 Å². The number of aliphatic hydroxyl groups excluding tert-OH is 1. The summed E-state index contributed by atoms with van der Waals surface area (Å²) >= 11 is 0. The van der Waals surface area contributed by atoms with Crippen molar-refractivity contribution in [3.8, 4) is 0 Å². The number of carbonyl (C=O) groups is 1. The van der Waals surface area contributed by atoms with E-state index in [1.54, 1.807) is 11.8 Å². The Hall–Kier alpha value is -1.30. The summed E-state index contributed by atoms with van der Waals surface area (Å²) in [4.78, 5) is 13.6. The highest BCUT2D eigenvalue weighted by Crippen LogP contribution is 2.08. The number of amides is 1. The zero-order valence-corrected chi connectivity index (χ0v) is 10.1. The Bertz CT molecular complexity index is 254. The Morgan fingerprint density at radius 3 is 2.38 bits per heavy atom. The van der Waals surface area contributed by atoms with Crippen molar-refractivity contribution < 1.29 is 15.1 Å². The van der Waals surface area contributed by atoms with Gasteiger partial charge >= 0.3 is 0 Å². The van der Waals surface area contributed by atoms with E-state index in [4.69, 9.17) is 16.0 Å². The fraction of sp³-hybridized carbons (Fsp3) is 0.800. The van der Waals surface area contributed by atoms with Crippen molar-refractivity contribution in [2.45, 2.75) is 33.2 Å². The summed E-state index contributed by atoms with van der Waals surface area (Å²) in [6.45, 7) is 5.86. The lowest BCUT2D eigenvalue weighted by Gasteiger charge is -2.28. The van der Waals surface area contributed by atoms with E-state index >= 15 is 0 Å². The number of aliphatic hydroxyl groups is 1. The molecular formula is C10H21N3O3. The number of oxime groups is 1. The molecule has 0 saturated heterocycles. The van der Waals surface area contributed by atoms with Crippen LogP contribution in [0.25, 0.3) is 0 Å². The van der Waals surface area contributed by atoms with Gasteiger partial charge in [0.25, 0.3) is 0 Å². The molecule has 0 bridgehead atoms. The maximum atomic E-state index is 12.0. The maximum Gasteiger partial charge on any atom is 0.233 e. The molecule has 0 heterocycles. The second-order valence-corrected chi connectivity index (χ2v) is 3.95. The van der Waals surface area contributed by atoms with Gasteiger partial charge in [0.1, 0.15) is 0 Å². The lowest BCUT2D eigenvalue weighted by molar-refractivity contribution is -0.134. The molecule has 16 heavy (non-hydrogen) atoms. The van der Waals surface area contributed by atoms with Crippen LogP contribution in [-0.2, 0) is 4.79 Å². The Morgan fingerprint density at radius 1 is 1.44 bits per heavy atom. The van der Waals surface area contributed by atoms with Crippen LogP contribution >= 0.6 is 0 Å². The van der Waals surface area contributed by atoms with Gasteiger partial charge in [0.15, 0.2) is 5.84 Å². The normalized spacial score (nSPS) is 13.9. The van der Waals surface area contributed by atoms with Crippen LogP contribution in [0.3, 0.4) is 0 Å². The predicted octanol–water partition coefficient (Wildman–Crippen LogP) is -0.0117. The van der Waals surface area contributed by atoms with E-state index in [2.05, 4.69) is 5.16 Å². The molecule has 0 radical (unpaired) electrons. The SMILES string of the molecule is CC(C(=O)N(CCCO)C(C)C)C(N)=NO. The smallest absolute Gasteiger partial charge is 0.233 e. The minimum Gasteiger partial charge on any atom is -0.409 e. The topological polar surface area (TPSA) is 99.2 Å². The molecule has 0 saturated carbocycles. The van der Waals surface area contributed by atoms with Crippen LogP contribution in [0.5, 0.6) is 0 Å². The molecule has 4 N–H and O–H groups in total. The molecule has 0 aliphatic rings. The van der Waals surface area contributed by atoms with Crippen LogP contribution < -0.4 is 5.73 Å². The molecule has 0 aliphatic heterocycles. The van der Waals surface area contributed by atoms with Gasteiger partial charge in [0.05, 0.1) is 5.92 Å². The lowest BCUT2D eigenvalue weighted by atomic mass is 10.1. The molecule has 0 aromatic carbocycles. The molecule has 0 fully saturated rings. The van der Waals surface area contributed by atoms with Crippen molar-refractivity contribution in [3.63, 3.8) is 0 Å². The third kappa shape index (κ3) is 4.06. The van der Waals surface area contributed by atoms with Crippen LogP contribution in [0.4, 0.5) is 0 Å². The minimum absolute atomic E-state index is 0.0213. The summed E-state index contributed by atoms with van der Waals surface area (Å²) in [6, 6.07) is 0.0213. The van der Waals surface area contributed by atoms with Gasteiger partial charge in [-0.15, -0.1) is 0 Å². The monoisotopic (exact) mass is 231 g/mol. The van der Waals surface area contributed by atoms with Crippen LogP contribution in [0.2, 0.25) is 0 Å². The number of amidine groups is 1. The van der Waals surface area contributed by atoms with Crippen molar-refractivity contribution in [1.82, 2.24) is 4.90 Å². The summed E-state index contributed by atoms with van der Waals surface area (Å²) in [5, 5.41) is 20.1. The lowest BCUT2D eigenvalue weighted by Crippen LogP contribution is -2.44. The van der Waals surface area contributed by atoms with Crippen LogP contribution in [-0.4, -0.2) is 46.1 Å². The molecule has 0 aromatic heterocycles. The number of hydrogen-bond donors (Lipinski definition) is 3. The zero-order valence-electron chi connectivity index (χ0n) is 10.1. The fourth-order valence-corrected chi connectivity index (χ4v) is 1.33. The van der Waals surface area contributed by atoms with Crippen molar-refractivity contribution in [3.05, 3.63) is 0 Å². The van der Waals surface area contributed by atoms with Gasteiger partial charge in [-0.05, 0) is 27.2 Å². The van der Waals surface area contributed by atoms with Gasteiger partial charge < -0.3 is 20.9 Å². The Morgan fingerprint density at radius 2 is 2.00 bits per heavy atom. The van der Waals surface area contributed by atoms with Crippen LogP contribution in [0, 0.1) is 5.92 Å².